The standard InChI is InChI=1S/C18H27NO3/c1-22-16-8-6-7-15(13-16)9-10-17(20)19-14-18(21)11-4-2-3-5-12-18/h6-8,13,21H,2-5,9-12,14H2,1H3,(H,19,20). The van der Waals surface area contributed by atoms with Crippen molar-refractivity contribution in [3.05, 3.63) is 29.8 Å². The first-order chi connectivity index (χ1) is 10.6. The van der Waals surface area contributed by atoms with Crippen LogP contribution in [0.5, 0.6) is 5.75 Å². The molecule has 4 nitrogen and oxygen atoms in total. The first-order valence-electron chi connectivity index (χ1n) is 8.23. The van der Waals surface area contributed by atoms with Gasteiger partial charge < -0.3 is 15.2 Å². The van der Waals surface area contributed by atoms with Crippen LogP contribution in [-0.4, -0.2) is 30.3 Å². The number of carbonyl (C=O) groups excluding carboxylic acids is 1. The fraction of sp³-hybridized carbons (Fsp3) is 0.611. The van der Waals surface area contributed by atoms with Crippen molar-refractivity contribution in [2.45, 2.75) is 57.0 Å². The molecule has 2 N–H and O–H groups in total. The van der Waals surface area contributed by atoms with Crippen LogP contribution in [0.15, 0.2) is 24.3 Å². The number of rotatable bonds is 6. The summed E-state index contributed by atoms with van der Waals surface area (Å²) >= 11 is 0. The van der Waals surface area contributed by atoms with Crippen molar-refractivity contribution in [1.29, 1.82) is 0 Å². The Morgan fingerprint density at radius 2 is 2.00 bits per heavy atom. The van der Waals surface area contributed by atoms with E-state index in [1.165, 1.54) is 12.8 Å². The van der Waals surface area contributed by atoms with Crippen molar-refractivity contribution in [3.63, 3.8) is 0 Å². The van der Waals surface area contributed by atoms with Crippen LogP contribution >= 0.6 is 0 Å². The molecule has 1 amide bonds. The average Bonchev–Trinajstić information content (AvgIpc) is 2.76. The molecule has 0 heterocycles. The SMILES string of the molecule is COc1cccc(CCC(=O)NCC2(O)CCCCCC2)c1. The van der Waals surface area contributed by atoms with E-state index in [0.717, 1.165) is 37.0 Å². The summed E-state index contributed by atoms with van der Waals surface area (Å²) in [6, 6.07) is 7.77. The molecule has 2 rings (SSSR count). The number of aliphatic hydroxyl groups is 1. The maximum atomic E-state index is 12.0. The Morgan fingerprint density at radius 1 is 1.27 bits per heavy atom. The minimum atomic E-state index is -0.706. The summed E-state index contributed by atoms with van der Waals surface area (Å²) in [4.78, 5) is 12.0. The number of amides is 1. The van der Waals surface area contributed by atoms with Crippen molar-refractivity contribution in [2.75, 3.05) is 13.7 Å². The fourth-order valence-corrected chi connectivity index (χ4v) is 3.00. The monoisotopic (exact) mass is 305 g/mol. The van der Waals surface area contributed by atoms with Crippen LogP contribution in [0.25, 0.3) is 0 Å². The molecule has 4 heteroatoms. The average molecular weight is 305 g/mol. The summed E-state index contributed by atoms with van der Waals surface area (Å²) < 4.78 is 5.18. The smallest absolute Gasteiger partial charge is 0.220 e. The van der Waals surface area contributed by atoms with Gasteiger partial charge in [-0.1, -0.05) is 37.8 Å². The number of nitrogens with one attached hydrogen (secondary N) is 1. The minimum Gasteiger partial charge on any atom is -0.497 e. The fourth-order valence-electron chi connectivity index (χ4n) is 3.00. The molecule has 122 valence electrons. The number of methoxy groups -OCH3 is 1. The largest absolute Gasteiger partial charge is 0.497 e. The highest BCUT2D eigenvalue weighted by Gasteiger charge is 2.28. The number of ether oxygens (including phenoxy) is 1. The zero-order valence-electron chi connectivity index (χ0n) is 13.4. The lowest BCUT2D eigenvalue weighted by molar-refractivity contribution is -0.122. The maximum absolute atomic E-state index is 12.0. The third kappa shape index (κ3) is 5.34. The summed E-state index contributed by atoms with van der Waals surface area (Å²) in [5.41, 5.74) is 0.380. The van der Waals surface area contributed by atoms with Crippen molar-refractivity contribution in [3.8, 4) is 5.75 Å². The maximum Gasteiger partial charge on any atom is 0.220 e. The molecule has 0 bridgehead atoms. The van der Waals surface area contributed by atoms with Crippen molar-refractivity contribution >= 4 is 5.91 Å². The lowest BCUT2D eigenvalue weighted by Crippen LogP contribution is -2.42. The van der Waals surface area contributed by atoms with Crippen LogP contribution in [0.3, 0.4) is 0 Å². The molecule has 1 saturated carbocycles. The Labute approximate surface area is 132 Å². The van der Waals surface area contributed by atoms with E-state index < -0.39 is 5.60 Å². The van der Waals surface area contributed by atoms with Gasteiger partial charge in [-0.3, -0.25) is 4.79 Å². The molecule has 1 aromatic carbocycles. The molecule has 0 atom stereocenters. The molecular formula is C18H27NO3. The number of hydrogen-bond acceptors (Lipinski definition) is 3. The van der Waals surface area contributed by atoms with Gasteiger partial charge in [0.25, 0.3) is 0 Å². The van der Waals surface area contributed by atoms with Gasteiger partial charge in [0.15, 0.2) is 0 Å². The molecule has 22 heavy (non-hydrogen) atoms. The van der Waals surface area contributed by atoms with E-state index in [1.54, 1.807) is 7.11 Å². The quantitative estimate of drug-likeness (QED) is 0.795. The molecule has 0 aliphatic heterocycles. The Balaban J connectivity index is 1.75. The van der Waals surface area contributed by atoms with E-state index in [4.69, 9.17) is 4.74 Å². The normalized spacial score (nSPS) is 17.5. The molecule has 0 spiro atoms. The van der Waals surface area contributed by atoms with Crippen LogP contribution in [0, 0.1) is 0 Å². The second-order valence-electron chi connectivity index (χ2n) is 6.27. The van der Waals surface area contributed by atoms with Gasteiger partial charge in [0.2, 0.25) is 5.91 Å². The Bertz CT molecular complexity index is 479. The molecule has 0 saturated heterocycles. The number of hydrogen-bond donors (Lipinski definition) is 2. The highest BCUT2D eigenvalue weighted by molar-refractivity contribution is 5.76. The first-order valence-corrected chi connectivity index (χ1v) is 8.23. The number of carbonyl (C=O) groups is 1. The highest BCUT2D eigenvalue weighted by atomic mass is 16.5. The van der Waals surface area contributed by atoms with Gasteiger partial charge in [0.1, 0.15) is 5.75 Å². The van der Waals surface area contributed by atoms with Crippen LogP contribution in [0.4, 0.5) is 0 Å². The summed E-state index contributed by atoms with van der Waals surface area (Å²) in [7, 11) is 1.64. The summed E-state index contributed by atoms with van der Waals surface area (Å²) in [5, 5.41) is 13.4. The Kier molecular flexibility index (Phi) is 6.25. The van der Waals surface area contributed by atoms with Gasteiger partial charge in [-0.15, -0.1) is 0 Å². The van der Waals surface area contributed by atoms with Crippen LogP contribution in [-0.2, 0) is 11.2 Å². The summed E-state index contributed by atoms with van der Waals surface area (Å²) in [5.74, 6) is 0.811. The van der Waals surface area contributed by atoms with Crippen LogP contribution in [0.2, 0.25) is 0 Å². The Morgan fingerprint density at radius 3 is 2.68 bits per heavy atom. The predicted molar refractivity (Wildman–Crippen MR) is 87.0 cm³/mol. The van der Waals surface area contributed by atoms with Crippen molar-refractivity contribution in [2.24, 2.45) is 0 Å². The van der Waals surface area contributed by atoms with Crippen molar-refractivity contribution < 1.29 is 14.6 Å². The molecule has 1 aromatic rings. The summed E-state index contributed by atoms with van der Waals surface area (Å²) in [6.07, 6.45) is 7.18. The van der Waals surface area contributed by atoms with Crippen LogP contribution < -0.4 is 10.1 Å². The second kappa shape index (κ2) is 8.18. The third-order valence-electron chi connectivity index (χ3n) is 4.42. The predicted octanol–water partition coefficient (Wildman–Crippen LogP) is 2.83. The second-order valence-corrected chi connectivity index (χ2v) is 6.27. The van der Waals surface area contributed by atoms with Gasteiger partial charge in [-0.25, -0.2) is 0 Å². The van der Waals surface area contributed by atoms with Gasteiger partial charge in [0.05, 0.1) is 12.7 Å². The third-order valence-corrected chi connectivity index (χ3v) is 4.42. The van der Waals surface area contributed by atoms with E-state index in [0.29, 0.717) is 19.4 Å². The molecule has 0 aromatic heterocycles. The summed E-state index contributed by atoms with van der Waals surface area (Å²) in [6.45, 7) is 0.379. The van der Waals surface area contributed by atoms with E-state index >= 15 is 0 Å². The molecule has 1 aliphatic carbocycles. The van der Waals surface area contributed by atoms with E-state index in [2.05, 4.69) is 5.32 Å². The minimum absolute atomic E-state index is 0.000455. The van der Waals surface area contributed by atoms with Gasteiger partial charge in [-0.05, 0) is 37.0 Å². The Hall–Kier alpha value is -1.55. The van der Waals surface area contributed by atoms with Gasteiger partial charge >= 0.3 is 0 Å². The lowest BCUT2D eigenvalue weighted by Gasteiger charge is -2.26. The highest BCUT2D eigenvalue weighted by Crippen LogP contribution is 2.26. The van der Waals surface area contributed by atoms with Crippen LogP contribution in [0.1, 0.15) is 50.5 Å². The first kappa shape index (κ1) is 16.8. The number of aryl methyl sites for hydroxylation is 1. The zero-order chi connectivity index (χ0) is 15.8. The molecular weight excluding hydrogens is 278 g/mol. The van der Waals surface area contributed by atoms with E-state index in [1.807, 2.05) is 24.3 Å². The zero-order valence-corrected chi connectivity index (χ0v) is 13.4. The molecule has 0 radical (unpaired) electrons. The number of benzene rings is 1. The lowest BCUT2D eigenvalue weighted by atomic mass is 9.94. The molecule has 0 unspecified atom stereocenters. The molecule has 1 aliphatic rings. The van der Waals surface area contributed by atoms with Gasteiger partial charge in [-0.2, -0.15) is 0 Å². The van der Waals surface area contributed by atoms with Gasteiger partial charge in [0, 0.05) is 13.0 Å². The van der Waals surface area contributed by atoms with Crippen molar-refractivity contribution in [1.82, 2.24) is 5.32 Å². The van der Waals surface area contributed by atoms with E-state index in [9.17, 15) is 9.90 Å². The molecule has 1 fully saturated rings. The topological polar surface area (TPSA) is 58.6 Å². The van der Waals surface area contributed by atoms with E-state index in [-0.39, 0.29) is 5.91 Å².